The lowest BCUT2D eigenvalue weighted by Gasteiger charge is -2.53. The minimum absolute atomic E-state index is 0. The van der Waals surface area contributed by atoms with Crippen molar-refractivity contribution >= 4 is 18.3 Å². The number of nitrogens with one attached hydrogen (secondary N) is 1. The molecule has 4 bridgehead atoms. The van der Waals surface area contributed by atoms with E-state index in [0.717, 1.165) is 24.8 Å². The van der Waals surface area contributed by atoms with E-state index in [1.165, 1.54) is 32.1 Å². The number of nitrogens with two attached hydrogens (primary N) is 1. The molecule has 0 radical (unpaired) electrons. The monoisotopic (exact) mass is 272 g/mol. The van der Waals surface area contributed by atoms with E-state index < -0.39 is 0 Å². The van der Waals surface area contributed by atoms with Crippen molar-refractivity contribution in [2.45, 2.75) is 38.5 Å². The fourth-order valence-electron chi connectivity index (χ4n) is 4.78. The number of hydrogen-bond acceptors (Lipinski definition) is 2. The quantitative estimate of drug-likeness (QED) is 0.769. The van der Waals surface area contributed by atoms with Crippen molar-refractivity contribution < 1.29 is 4.79 Å². The van der Waals surface area contributed by atoms with Crippen molar-refractivity contribution in [3.63, 3.8) is 0 Å². The highest BCUT2D eigenvalue weighted by atomic mass is 35.5. The highest BCUT2D eigenvalue weighted by Gasteiger charge is 2.50. The summed E-state index contributed by atoms with van der Waals surface area (Å²) in [4.78, 5) is 12.3. The van der Waals surface area contributed by atoms with E-state index in [-0.39, 0.29) is 12.4 Å². The molecule has 3 N–H and O–H groups in total. The number of rotatable bonds is 4. The summed E-state index contributed by atoms with van der Waals surface area (Å²) in [6, 6.07) is 0. The highest BCUT2D eigenvalue weighted by molar-refractivity contribution is 5.85. The van der Waals surface area contributed by atoms with E-state index in [4.69, 9.17) is 5.73 Å². The van der Waals surface area contributed by atoms with Gasteiger partial charge in [0.15, 0.2) is 0 Å². The summed E-state index contributed by atoms with van der Waals surface area (Å²) in [5.41, 5.74) is 5.46. The Labute approximate surface area is 116 Å². The van der Waals surface area contributed by atoms with Crippen molar-refractivity contribution in [1.82, 2.24) is 5.32 Å². The molecule has 0 spiro atoms. The van der Waals surface area contributed by atoms with Crippen LogP contribution in [-0.2, 0) is 4.79 Å². The Hall–Kier alpha value is -0.280. The second-order valence-electron chi connectivity index (χ2n) is 6.39. The van der Waals surface area contributed by atoms with Gasteiger partial charge in [-0.05, 0) is 68.7 Å². The van der Waals surface area contributed by atoms with Crippen molar-refractivity contribution in [2.24, 2.45) is 35.3 Å². The van der Waals surface area contributed by atoms with Crippen molar-refractivity contribution in [3.05, 3.63) is 0 Å². The van der Waals surface area contributed by atoms with Crippen LogP contribution >= 0.6 is 12.4 Å². The van der Waals surface area contributed by atoms with Gasteiger partial charge in [0.05, 0.1) is 0 Å². The predicted octanol–water partition coefficient (Wildman–Crippen LogP) is 1.95. The molecule has 4 saturated carbocycles. The second-order valence-corrected chi connectivity index (χ2v) is 6.39. The lowest BCUT2D eigenvalue weighted by atomic mass is 9.51. The molecule has 1 amide bonds. The highest BCUT2D eigenvalue weighted by Crippen LogP contribution is 2.56. The Balaban J connectivity index is 0.00000120. The smallest absolute Gasteiger partial charge is 0.223 e. The summed E-state index contributed by atoms with van der Waals surface area (Å²) in [7, 11) is 0. The van der Waals surface area contributed by atoms with Gasteiger partial charge in [-0.15, -0.1) is 12.4 Å². The molecule has 4 heteroatoms. The van der Waals surface area contributed by atoms with Crippen LogP contribution in [0.3, 0.4) is 0 Å². The fraction of sp³-hybridized carbons (Fsp3) is 0.929. The zero-order valence-electron chi connectivity index (χ0n) is 10.9. The standard InChI is InChI=1S/C14H24N2O.ClH/c15-2-1-3-16-14(17)13-11-5-9-4-10(7-11)8-12(13)6-9;/h9-13H,1-8,15H2,(H,16,17);1H. The number of carbonyl (C=O) groups excluding carboxylic acids is 1. The molecule has 0 heterocycles. The molecule has 0 saturated heterocycles. The van der Waals surface area contributed by atoms with Gasteiger partial charge in [0, 0.05) is 12.5 Å². The minimum atomic E-state index is 0. The number of halogens is 1. The molecule has 0 aliphatic heterocycles. The van der Waals surface area contributed by atoms with Crippen LogP contribution in [0.5, 0.6) is 0 Å². The SMILES string of the molecule is Cl.NCCCNC(=O)C1C2CC3CC(C2)CC1C3. The molecule has 0 aromatic carbocycles. The molecule has 4 aliphatic carbocycles. The molecule has 4 rings (SSSR count). The molecular weight excluding hydrogens is 248 g/mol. The van der Waals surface area contributed by atoms with Gasteiger partial charge >= 0.3 is 0 Å². The zero-order chi connectivity index (χ0) is 11.8. The van der Waals surface area contributed by atoms with Gasteiger partial charge in [-0.25, -0.2) is 0 Å². The molecule has 18 heavy (non-hydrogen) atoms. The van der Waals surface area contributed by atoms with Gasteiger partial charge < -0.3 is 11.1 Å². The molecule has 4 aliphatic rings. The Morgan fingerprint density at radius 3 is 2.11 bits per heavy atom. The topological polar surface area (TPSA) is 55.1 Å². The first kappa shape index (κ1) is 14.1. The Morgan fingerprint density at radius 2 is 1.61 bits per heavy atom. The van der Waals surface area contributed by atoms with Gasteiger partial charge in [0.1, 0.15) is 0 Å². The van der Waals surface area contributed by atoms with Crippen LogP contribution in [0.1, 0.15) is 38.5 Å². The summed E-state index contributed by atoms with van der Waals surface area (Å²) >= 11 is 0. The first-order valence-corrected chi connectivity index (χ1v) is 7.25. The molecule has 0 unspecified atom stereocenters. The second kappa shape index (κ2) is 5.79. The zero-order valence-corrected chi connectivity index (χ0v) is 11.8. The lowest BCUT2D eigenvalue weighted by molar-refractivity contribution is -0.138. The maximum Gasteiger partial charge on any atom is 0.223 e. The van der Waals surface area contributed by atoms with E-state index in [2.05, 4.69) is 5.32 Å². The average molecular weight is 273 g/mol. The lowest BCUT2D eigenvalue weighted by Crippen LogP contribution is -2.51. The van der Waals surface area contributed by atoms with Crippen LogP contribution in [0, 0.1) is 29.6 Å². The summed E-state index contributed by atoms with van der Waals surface area (Å²) < 4.78 is 0. The van der Waals surface area contributed by atoms with Crippen LogP contribution in [0.4, 0.5) is 0 Å². The number of amides is 1. The van der Waals surface area contributed by atoms with Gasteiger partial charge in [0.25, 0.3) is 0 Å². The van der Waals surface area contributed by atoms with Crippen LogP contribution in [0.15, 0.2) is 0 Å². The third-order valence-corrected chi connectivity index (χ3v) is 5.21. The maximum absolute atomic E-state index is 12.3. The van der Waals surface area contributed by atoms with Gasteiger partial charge in [-0.2, -0.15) is 0 Å². The van der Waals surface area contributed by atoms with E-state index in [9.17, 15) is 4.79 Å². The number of hydrogen-bond donors (Lipinski definition) is 2. The molecule has 4 fully saturated rings. The average Bonchev–Trinajstić information content (AvgIpc) is 2.27. The number of carbonyl (C=O) groups is 1. The van der Waals surface area contributed by atoms with Crippen LogP contribution in [0.25, 0.3) is 0 Å². The first-order valence-electron chi connectivity index (χ1n) is 7.25. The van der Waals surface area contributed by atoms with E-state index in [1.807, 2.05) is 0 Å². The minimum Gasteiger partial charge on any atom is -0.356 e. The van der Waals surface area contributed by atoms with Crippen molar-refractivity contribution in [1.29, 1.82) is 0 Å². The Kier molecular flexibility index (Phi) is 4.54. The van der Waals surface area contributed by atoms with Crippen LogP contribution in [-0.4, -0.2) is 19.0 Å². The van der Waals surface area contributed by atoms with Crippen LogP contribution < -0.4 is 11.1 Å². The summed E-state index contributed by atoms with van der Waals surface area (Å²) in [6.07, 6.45) is 7.64. The molecule has 0 aromatic heterocycles. The maximum atomic E-state index is 12.3. The van der Waals surface area contributed by atoms with E-state index >= 15 is 0 Å². The van der Waals surface area contributed by atoms with E-state index in [0.29, 0.717) is 30.2 Å². The Bertz CT molecular complexity index is 280. The third kappa shape index (κ3) is 2.53. The predicted molar refractivity (Wildman–Crippen MR) is 74.5 cm³/mol. The van der Waals surface area contributed by atoms with Gasteiger partial charge in [0.2, 0.25) is 5.91 Å². The molecule has 0 atom stereocenters. The molecule has 0 aromatic rings. The normalized spacial score (nSPS) is 40.4. The van der Waals surface area contributed by atoms with Crippen molar-refractivity contribution in [2.75, 3.05) is 13.1 Å². The largest absolute Gasteiger partial charge is 0.356 e. The van der Waals surface area contributed by atoms with Crippen LogP contribution in [0.2, 0.25) is 0 Å². The first-order chi connectivity index (χ1) is 8.28. The summed E-state index contributed by atoms with van der Waals surface area (Å²) in [5.74, 6) is 3.96. The van der Waals surface area contributed by atoms with Crippen molar-refractivity contribution in [3.8, 4) is 0 Å². The molecular formula is C14H25ClN2O. The van der Waals surface area contributed by atoms with Gasteiger partial charge in [-0.1, -0.05) is 0 Å². The van der Waals surface area contributed by atoms with Gasteiger partial charge in [-0.3, -0.25) is 4.79 Å². The molecule has 104 valence electrons. The third-order valence-electron chi connectivity index (χ3n) is 5.21. The Morgan fingerprint density at radius 1 is 1.06 bits per heavy atom. The summed E-state index contributed by atoms with van der Waals surface area (Å²) in [5, 5.41) is 3.09. The fourth-order valence-corrected chi connectivity index (χ4v) is 4.78. The molecule has 3 nitrogen and oxygen atoms in total. The van der Waals surface area contributed by atoms with E-state index in [1.54, 1.807) is 0 Å². The summed E-state index contributed by atoms with van der Waals surface area (Å²) in [6.45, 7) is 1.43.